The van der Waals surface area contributed by atoms with Gasteiger partial charge in [-0.2, -0.15) is 0 Å². The van der Waals surface area contributed by atoms with Gasteiger partial charge in [0, 0.05) is 59.4 Å². The first-order valence-electron chi connectivity index (χ1n) is 17.1. The Morgan fingerprint density at radius 1 is 0.462 bits per heavy atom. The van der Waals surface area contributed by atoms with Gasteiger partial charge < -0.3 is 8.98 Å². The number of thiophene rings is 1. The van der Waals surface area contributed by atoms with Crippen molar-refractivity contribution < 1.29 is 4.42 Å². The summed E-state index contributed by atoms with van der Waals surface area (Å²) in [5, 5.41) is 7.08. The molecule has 0 saturated carbocycles. The third-order valence-corrected chi connectivity index (χ3v) is 11.6. The van der Waals surface area contributed by atoms with Gasteiger partial charge in [0.1, 0.15) is 11.2 Å². The fraction of sp³-hybridized carbons (Fsp3) is 0. The summed E-state index contributed by atoms with van der Waals surface area (Å²) in [6, 6.07) is 52.0. The maximum atomic E-state index is 6.87. The van der Waals surface area contributed by atoms with Crippen LogP contribution in [0, 0.1) is 0 Å². The maximum Gasteiger partial charge on any atom is 0.164 e. The first kappa shape index (κ1) is 29.4. The molecule has 0 fully saturated rings. The summed E-state index contributed by atoms with van der Waals surface area (Å²) in [5.74, 6) is 1.75. The fourth-order valence-corrected chi connectivity index (χ4v) is 9.15. The van der Waals surface area contributed by atoms with Gasteiger partial charge in [-0.1, -0.05) is 109 Å². The van der Waals surface area contributed by atoms with Gasteiger partial charge in [0.25, 0.3) is 0 Å². The van der Waals surface area contributed by atoms with E-state index in [0.717, 1.165) is 86.3 Å². The van der Waals surface area contributed by atoms with Crippen LogP contribution in [0.2, 0.25) is 5.02 Å². The van der Waals surface area contributed by atoms with E-state index >= 15 is 0 Å². The number of halogens is 1. The van der Waals surface area contributed by atoms with Crippen molar-refractivity contribution in [3.8, 4) is 39.9 Å². The number of fused-ring (bicyclic) bond motifs is 9. The zero-order valence-corrected chi connectivity index (χ0v) is 29.0. The molecule has 52 heavy (non-hydrogen) atoms. The van der Waals surface area contributed by atoms with Crippen molar-refractivity contribution in [3.63, 3.8) is 0 Å². The van der Waals surface area contributed by atoms with E-state index in [2.05, 4.69) is 108 Å². The first-order chi connectivity index (χ1) is 25.7. The minimum atomic E-state index is 0.573. The van der Waals surface area contributed by atoms with Crippen LogP contribution in [-0.4, -0.2) is 19.5 Å². The Hall–Kier alpha value is -6.34. The highest BCUT2D eigenvalue weighted by Crippen LogP contribution is 2.44. The molecular weight excluding hydrogens is 680 g/mol. The summed E-state index contributed by atoms with van der Waals surface area (Å²) in [6.07, 6.45) is 0. The van der Waals surface area contributed by atoms with Crippen LogP contribution in [0.4, 0.5) is 0 Å². The van der Waals surface area contributed by atoms with Crippen LogP contribution in [0.1, 0.15) is 0 Å². The molecule has 0 aliphatic heterocycles. The molecule has 7 heteroatoms. The van der Waals surface area contributed by atoms with E-state index in [9.17, 15) is 0 Å². The predicted octanol–water partition coefficient (Wildman–Crippen LogP) is 12.9. The summed E-state index contributed by atoms with van der Waals surface area (Å²) >= 11 is 8.56. The Kier molecular flexibility index (Phi) is 6.41. The molecule has 0 N–H and O–H groups in total. The third-order valence-electron chi connectivity index (χ3n) is 9.95. The highest BCUT2D eigenvalue weighted by Gasteiger charge is 2.23. The van der Waals surface area contributed by atoms with Crippen molar-refractivity contribution in [3.05, 3.63) is 157 Å². The second-order valence-corrected chi connectivity index (χ2v) is 14.3. The molecule has 0 atom stereocenters. The Balaban J connectivity index is 1.26. The molecule has 0 amide bonds. The van der Waals surface area contributed by atoms with Crippen molar-refractivity contribution in [1.29, 1.82) is 0 Å². The first-order valence-corrected chi connectivity index (χ1v) is 18.3. The monoisotopic (exact) mass is 704 g/mol. The van der Waals surface area contributed by atoms with Gasteiger partial charge in [-0.05, 0) is 54.6 Å². The van der Waals surface area contributed by atoms with Gasteiger partial charge in [-0.3, -0.25) is 0 Å². The Morgan fingerprint density at radius 3 is 1.87 bits per heavy atom. The summed E-state index contributed by atoms with van der Waals surface area (Å²) in [5.41, 5.74) is 7.61. The average molecular weight is 705 g/mol. The molecule has 0 aliphatic carbocycles. The number of rotatable bonds is 4. The van der Waals surface area contributed by atoms with E-state index in [1.54, 1.807) is 11.3 Å². The van der Waals surface area contributed by atoms with E-state index in [-0.39, 0.29) is 0 Å². The van der Waals surface area contributed by atoms with Crippen molar-refractivity contribution in [2.45, 2.75) is 0 Å². The molecular formula is C45H25ClN4OS. The molecule has 0 saturated heterocycles. The topological polar surface area (TPSA) is 56.7 Å². The zero-order chi connectivity index (χ0) is 34.3. The number of furan rings is 1. The summed E-state index contributed by atoms with van der Waals surface area (Å²) in [4.78, 5) is 16.0. The quantitative estimate of drug-likeness (QED) is 0.183. The Morgan fingerprint density at radius 2 is 1.06 bits per heavy atom. The lowest BCUT2D eigenvalue weighted by molar-refractivity contribution is 0.669. The van der Waals surface area contributed by atoms with E-state index in [4.69, 9.17) is 31.0 Å². The minimum Gasteiger partial charge on any atom is -0.456 e. The fourth-order valence-electron chi connectivity index (χ4n) is 7.74. The van der Waals surface area contributed by atoms with E-state index in [1.807, 2.05) is 48.5 Å². The third kappa shape index (κ3) is 4.32. The number of benzene rings is 7. The molecule has 0 unspecified atom stereocenters. The largest absolute Gasteiger partial charge is 0.456 e. The molecule has 244 valence electrons. The van der Waals surface area contributed by atoms with Crippen LogP contribution < -0.4 is 0 Å². The van der Waals surface area contributed by atoms with Gasteiger partial charge in [0.05, 0.1) is 20.8 Å². The number of nitrogens with zero attached hydrogens (tertiary/aromatic N) is 4. The maximum absolute atomic E-state index is 6.87. The van der Waals surface area contributed by atoms with Crippen LogP contribution >= 0.6 is 22.9 Å². The summed E-state index contributed by atoms with van der Waals surface area (Å²) < 4.78 is 10.8. The molecule has 7 aromatic carbocycles. The molecule has 11 aromatic rings. The van der Waals surface area contributed by atoms with Crippen molar-refractivity contribution in [1.82, 2.24) is 19.5 Å². The van der Waals surface area contributed by atoms with Crippen molar-refractivity contribution in [2.24, 2.45) is 0 Å². The van der Waals surface area contributed by atoms with Gasteiger partial charge in [-0.25, -0.2) is 15.0 Å². The lowest BCUT2D eigenvalue weighted by atomic mass is 10.0. The SMILES string of the molecule is Clc1ccc(-c2nc(-c3cccc4oc5ccccc5c34)nc(-c3cccc4c3c3ccccc3n4-c3ccccc3)n2)c2c1sc1ccccc12. The molecule has 4 heterocycles. The van der Waals surface area contributed by atoms with Crippen LogP contribution in [0.3, 0.4) is 0 Å². The zero-order valence-electron chi connectivity index (χ0n) is 27.4. The minimum absolute atomic E-state index is 0.573. The smallest absolute Gasteiger partial charge is 0.164 e. The second kappa shape index (κ2) is 11.3. The lowest BCUT2D eigenvalue weighted by Gasteiger charge is -2.12. The highest BCUT2D eigenvalue weighted by molar-refractivity contribution is 7.26. The molecule has 4 aromatic heterocycles. The van der Waals surface area contributed by atoms with Crippen molar-refractivity contribution in [2.75, 3.05) is 0 Å². The van der Waals surface area contributed by atoms with E-state index in [1.165, 1.54) is 0 Å². The number of para-hydroxylation sites is 3. The van der Waals surface area contributed by atoms with Crippen LogP contribution in [-0.2, 0) is 0 Å². The molecule has 5 nitrogen and oxygen atoms in total. The predicted molar refractivity (Wildman–Crippen MR) is 216 cm³/mol. The van der Waals surface area contributed by atoms with Gasteiger partial charge >= 0.3 is 0 Å². The standard InChI is InChI=1S/C45H25ClN4OS/c46-33-25-24-32(41-29-16-6-9-23-38(29)52-42(33)41)45-48-43(47-44(49-45)31-18-11-22-37-40(31)28-15-5-8-21-36(28)51-37)30-17-10-20-35-39(30)27-14-4-7-19-34(27)50(35)26-12-2-1-3-13-26/h1-25H. The van der Waals surface area contributed by atoms with E-state index < -0.39 is 0 Å². The number of aromatic nitrogens is 4. The van der Waals surface area contributed by atoms with Gasteiger partial charge in [0.15, 0.2) is 17.5 Å². The van der Waals surface area contributed by atoms with Crippen LogP contribution in [0.25, 0.3) is 104 Å². The lowest BCUT2D eigenvalue weighted by Crippen LogP contribution is -2.01. The second-order valence-electron chi connectivity index (χ2n) is 12.9. The Labute approximate surface area is 306 Å². The van der Waals surface area contributed by atoms with Crippen molar-refractivity contribution >= 4 is 86.9 Å². The molecule has 11 rings (SSSR count). The molecule has 0 spiro atoms. The average Bonchev–Trinajstić information content (AvgIpc) is 3.89. The molecule has 0 aliphatic rings. The molecule has 0 radical (unpaired) electrons. The normalized spacial score (nSPS) is 11.9. The summed E-state index contributed by atoms with van der Waals surface area (Å²) in [6.45, 7) is 0. The van der Waals surface area contributed by atoms with Crippen LogP contribution in [0.15, 0.2) is 156 Å². The summed E-state index contributed by atoms with van der Waals surface area (Å²) in [7, 11) is 0. The number of hydrogen-bond acceptors (Lipinski definition) is 5. The van der Waals surface area contributed by atoms with Gasteiger partial charge in [0.2, 0.25) is 0 Å². The van der Waals surface area contributed by atoms with E-state index in [0.29, 0.717) is 22.5 Å². The number of hydrogen-bond donors (Lipinski definition) is 0. The van der Waals surface area contributed by atoms with Crippen LogP contribution in [0.5, 0.6) is 0 Å². The van der Waals surface area contributed by atoms with Gasteiger partial charge in [-0.15, -0.1) is 11.3 Å². The molecule has 0 bridgehead atoms. The Bertz CT molecular complexity index is 3210. The highest BCUT2D eigenvalue weighted by atomic mass is 35.5.